The second-order valence-electron chi connectivity index (χ2n) is 4.66. The molecule has 0 radical (unpaired) electrons. The Hall–Kier alpha value is -1.86. The van der Waals surface area contributed by atoms with Crippen LogP contribution < -0.4 is 0 Å². The van der Waals surface area contributed by atoms with Crippen LogP contribution in [-0.2, 0) is 18.0 Å². The van der Waals surface area contributed by atoms with E-state index in [0.29, 0.717) is 0 Å². The molecule has 0 amide bonds. The summed E-state index contributed by atoms with van der Waals surface area (Å²) in [7, 11) is 0. The molecule has 3 aromatic rings. The number of fused-ring (bicyclic) bond motifs is 3. The van der Waals surface area contributed by atoms with Crippen molar-refractivity contribution in [3.05, 3.63) is 59.7 Å². The minimum Gasteiger partial charge on any atom is -0.372 e. The molecular weight excluding hydrogens is 208 g/mol. The maximum atomic E-state index is 5.48. The average Bonchev–Trinajstić information content (AvgIpc) is 2.80. The fourth-order valence-corrected chi connectivity index (χ4v) is 2.63. The summed E-state index contributed by atoms with van der Waals surface area (Å²) >= 11 is 0. The first-order chi connectivity index (χ1) is 8.40. The summed E-state index contributed by atoms with van der Waals surface area (Å²) in [6, 6.07) is 17.6. The molecule has 0 aliphatic carbocycles. The first-order valence-electron chi connectivity index (χ1n) is 5.92. The lowest BCUT2D eigenvalue weighted by molar-refractivity contribution is 0.134. The summed E-state index contributed by atoms with van der Waals surface area (Å²) in [4.78, 5) is 0. The fourth-order valence-electron chi connectivity index (χ4n) is 2.63. The Kier molecular flexibility index (Phi) is 1.79. The van der Waals surface area contributed by atoms with Gasteiger partial charge in [0.05, 0.1) is 13.2 Å². The summed E-state index contributed by atoms with van der Waals surface area (Å²) in [6.07, 6.45) is 0. The molecule has 1 nitrogen and oxygen atoms in total. The Balaban J connectivity index is 2.12. The van der Waals surface area contributed by atoms with E-state index in [2.05, 4.69) is 48.5 Å². The van der Waals surface area contributed by atoms with Crippen LogP contribution in [0, 0.1) is 0 Å². The van der Waals surface area contributed by atoms with Crippen LogP contribution in [0.1, 0.15) is 11.1 Å². The highest BCUT2D eigenvalue weighted by Gasteiger charge is 2.12. The molecule has 0 aromatic heterocycles. The molecule has 1 heterocycles. The highest BCUT2D eigenvalue weighted by Crippen LogP contribution is 2.29. The molecule has 1 aliphatic heterocycles. The first-order valence-corrected chi connectivity index (χ1v) is 5.92. The summed E-state index contributed by atoms with van der Waals surface area (Å²) in [5.74, 6) is 0. The highest BCUT2D eigenvalue weighted by atomic mass is 16.5. The lowest BCUT2D eigenvalue weighted by Gasteiger charge is -2.04. The SMILES string of the molecule is c1ccc2cc3cc4c(cc3cc2c1)COC4. The lowest BCUT2D eigenvalue weighted by Crippen LogP contribution is -1.83. The number of ether oxygens (including phenoxy) is 1. The summed E-state index contributed by atoms with van der Waals surface area (Å²) in [5.41, 5.74) is 2.68. The van der Waals surface area contributed by atoms with Gasteiger partial charge in [0, 0.05) is 0 Å². The summed E-state index contributed by atoms with van der Waals surface area (Å²) in [6.45, 7) is 1.52. The van der Waals surface area contributed by atoms with E-state index in [0.717, 1.165) is 13.2 Å². The zero-order valence-electron chi connectivity index (χ0n) is 9.44. The minimum absolute atomic E-state index is 0.762. The molecule has 0 fully saturated rings. The maximum Gasteiger partial charge on any atom is 0.0725 e. The van der Waals surface area contributed by atoms with Crippen LogP contribution in [0.3, 0.4) is 0 Å². The largest absolute Gasteiger partial charge is 0.372 e. The van der Waals surface area contributed by atoms with Crippen molar-refractivity contribution in [2.24, 2.45) is 0 Å². The normalized spacial score (nSPS) is 14.4. The van der Waals surface area contributed by atoms with Crippen LogP contribution >= 0.6 is 0 Å². The standard InChI is InChI=1S/C16H12O/c1-2-4-12-6-14-8-16-10-17-9-15(16)7-13(14)5-11(12)3-1/h1-8H,9-10H2. The summed E-state index contributed by atoms with van der Waals surface area (Å²) < 4.78 is 5.48. The van der Waals surface area contributed by atoms with Crippen molar-refractivity contribution in [2.75, 3.05) is 0 Å². The fraction of sp³-hybridized carbons (Fsp3) is 0.125. The van der Waals surface area contributed by atoms with E-state index in [1.54, 1.807) is 0 Å². The molecule has 0 N–H and O–H groups in total. The smallest absolute Gasteiger partial charge is 0.0725 e. The predicted octanol–water partition coefficient (Wildman–Crippen LogP) is 4.02. The molecule has 3 aromatic carbocycles. The van der Waals surface area contributed by atoms with Crippen LogP contribution in [0.2, 0.25) is 0 Å². The van der Waals surface area contributed by atoms with Crippen LogP contribution in [0.4, 0.5) is 0 Å². The van der Waals surface area contributed by atoms with E-state index in [1.807, 2.05) is 0 Å². The van der Waals surface area contributed by atoms with Crippen molar-refractivity contribution in [3.63, 3.8) is 0 Å². The van der Waals surface area contributed by atoms with E-state index in [-0.39, 0.29) is 0 Å². The third kappa shape index (κ3) is 1.36. The molecule has 0 bridgehead atoms. The average molecular weight is 220 g/mol. The molecule has 0 unspecified atom stereocenters. The summed E-state index contributed by atoms with van der Waals surface area (Å²) in [5, 5.41) is 5.23. The van der Waals surface area contributed by atoms with Crippen molar-refractivity contribution in [2.45, 2.75) is 13.2 Å². The van der Waals surface area contributed by atoms with Gasteiger partial charge in [0.2, 0.25) is 0 Å². The van der Waals surface area contributed by atoms with Crippen molar-refractivity contribution in [1.29, 1.82) is 0 Å². The molecule has 17 heavy (non-hydrogen) atoms. The van der Waals surface area contributed by atoms with Gasteiger partial charge in [-0.25, -0.2) is 0 Å². The molecule has 1 aliphatic rings. The molecule has 0 spiro atoms. The van der Waals surface area contributed by atoms with Gasteiger partial charge in [0.15, 0.2) is 0 Å². The molecule has 0 atom stereocenters. The molecular formula is C16H12O. The van der Waals surface area contributed by atoms with Crippen molar-refractivity contribution < 1.29 is 4.74 Å². The van der Waals surface area contributed by atoms with Gasteiger partial charge in [0.1, 0.15) is 0 Å². The monoisotopic (exact) mass is 220 g/mol. The molecule has 4 rings (SSSR count). The van der Waals surface area contributed by atoms with Crippen molar-refractivity contribution >= 4 is 21.5 Å². The molecule has 82 valence electrons. The Labute approximate surface area is 99.6 Å². The highest BCUT2D eigenvalue weighted by molar-refractivity contribution is 5.98. The van der Waals surface area contributed by atoms with Gasteiger partial charge < -0.3 is 4.74 Å². The van der Waals surface area contributed by atoms with Gasteiger partial charge >= 0.3 is 0 Å². The van der Waals surface area contributed by atoms with Crippen LogP contribution in [0.25, 0.3) is 21.5 Å². The zero-order chi connectivity index (χ0) is 11.2. The Morgan fingerprint density at radius 1 is 0.647 bits per heavy atom. The third-order valence-corrected chi connectivity index (χ3v) is 3.54. The Morgan fingerprint density at radius 3 is 1.71 bits per heavy atom. The van der Waals surface area contributed by atoms with Crippen molar-refractivity contribution in [1.82, 2.24) is 0 Å². The number of rotatable bonds is 0. The Morgan fingerprint density at radius 2 is 1.18 bits per heavy atom. The number of hydrogen-bond donors (Lipinski definition) is 0. The van der Waals surface area contributed by atoms with Gasteiger partial charge in [-0.3, -0.25) is 0 Å². The van der Waals surface area contributed by atoms with Gasteiger partial charge in [-0.1, -0.05) is 24.3 Å². The van der Waals surface area contributed by atoms with Gasteiger partial charge in [0.25, 0.3) is 0 Å². The van der Waals surface area contributed by atoms with E-state index >= 15 is 0 Å². The zero-order valence-corrected chi connectivity index (χ0v) is 9.44. The molecule has 1 heteroatoms. The number of hydrogen-bond acceptors (Lipinski definition) is 1. The second-order valence-corrected chi connectivity index (χ2v) is 4.66. The van der Waals surface area contributed by atoms with E-state index in [1.165, 1.54) is 32.7 Å². The van der Waals surface area contributed by atoms with E-state index in [4.69, 9.17) is 4.74 Å². The van der Waals surface area contributed by atoms with Crippen LogP contribution in [-0.4, -0.2) is 0 Å². The van der Waals surface area contributed by atoms with Gasteiger partial charge in [-0.15, -0.1) is 0 Å². The second kappa shape index (κ2) is 3.31. The third-order valence-electron chi connectivity index (χ3n) is 3.54. The predicted molar refractivity (Wildman–Crippen MR) is 69.9 cm³/mol. The Bertz CT molecular complexity index is 666. The van der Waals surface area contributed by atoms with Crippen LogP contribution in [0.15, 0.2) is 48.5 Å². The molecule has 0 saturated carbocycles. The topological polar surface area (TPSA) is 9.23 Å². The first kappa shape index (κ1) is 9.20. The van der Waals surface area contributed by atoms with Crippen LogP contribution in [0.5, 0.6) is 0 Å². The van der Waals surface area contributed by atoms with E-state index < -0.39 is 0 Å². The molecule has 0 saturated heterocycles. The van der Waals surface area contributed by atoms with Gasteiger partial charge in [-0.2, -0.15) is 0 Å². The number of benzene rings is 3. The maximum absolute atomic E-state index is 5.48. The van der Waals surface area contributed by atoms with Crippen molar-refractivity contribution in [3.8, 4) is 0 Å². The lowest BCUT2D eigenvalue weighted by atomic mass is 9.99. The van der Waals surface area contributed by atoms with E-state index in [9.17, 15) is 0 Å². The minimum atomic E-state index is 0.762. The quantitative estimate of drug-likeness (QED) is 0.520. The van der Waals surface area contributed by atoms with Gasteiger partial charge in [-0.05, 0) is 56.9 Å².